The molecule has 0 aliphatic rings. The molecule has 10 heteroatoms. The number of halogens is 1. The van der Waals surface area contributed by atoms with E-state index in [2.05, 4.69) is 15.1 Å². The van der Waals surface area contributed by atoms with Crippen molar-refractivity contribution >= 4 is 29.3 Å². The number of hydrogen-bond acceptors (Lipinski definition) is 8. The molecule has 0 saturated heterocycles. The molecule has 9 nitrogen and oxygen atoms in total. The number of nitro benzene ring substituents is 1. The minimum atomic E-state index is -0.672. The van der Waals surface area contributed by atoms with Gasteiger partial charge in [-0.25, -0.2) is 4.79 Å². The van der Waals surface area contributed by atoms with Crippen molar-refractivity contribution in [1.82, 2.24) is 15.1 Å². The highest BCUT2D eigenvalue weighted by Crippen LogP contribution is 2.25. The van der Waals surface area contributed by atoms with Gasteiger partial charge in [-0.05, 0) is 29.8 Å². The van der Waals surface area contributed by atoms with Crippen LogP contribution < -0.4 is 0 Å². The van der Waals surface area contributed by atoms with Crippen LogP contribution in [-0.4, -0.2) is 26.0 Å². The average Bonchev–Trinajstić information content (AvgIpc) is 3.15. The van der Waals surface area contributed by atoms with Gasteiger partial charge >= 0.3 is 5.97 Å². The molecular weight excluding hydrogens is 376 g/mol. The second-order valence-electron chi connectivity index (χ2n) is 5.16. The molecule has 0 fully saturated rings. The Morgan fingerprint density at radius 2 is 2.22 bits per heavy atom. The van der Waals surface area contributed by atoms with Crippen molar-refractivity contribution in [2.24, 2.45) is 0 Å². The lowest BCUT2D eigenvalue weighted by Gasteiger charge is -1.98. The molecule has 2 aromatic heterocycles. The summed E-state index contributed by atoms with van der Waals surface area (Å²) in [4.78, 5) is 30.1. The highest BCUT2D eigenvalue weighted by atomic mass is 35.5. The lowest BCUT2D eigenvalue weighted by molar-refractivity contribution is -0.384. The summed E-state index contributed by atoms with van der Waals surface area (Å²) in [5.74, 6) is -0.218. The number of benzene rings is 1. The van der Waals surface area contributed by atoms with Crippen molar-refractivity contribution in [1.29, 1.82) is 0 Å². The molecule has 0 bridgehead atoms. The van der Waals surface area contributed by atoms with Gasteiger partial charge in [0.25, 0.3) is 11.6 Å². The molecule has 3 aromatic rings. The summed E-state index contributed by atoms with van der Waals surface area (Å²) in [6, 6.07) is 7.67. The summed E-state index contributed by atoms with van der Waals surface area (Å²) in [7, 11) is 0. The van der Waals surface area contributed by atoms with E-state index >= 15 is 0 Å². The fourth-order valence-corrected chi connectivity index (χ4v) is 2.23. The van der Waals surface area contributed by atoms with Gasteiger partial charge in [-0.1, -0.05) is 22.8 Å². The van der Waals surface area contributed by atoms with Crippen LogP contribution in [0.4, 0.5) is 5.69 Å². The summed E-state index contributed by atoms with van der Waals surface area (Å²) >= 11 is 5.73. The number of carbonyl (C=O) groups is 1. The highest BCUT2D eigenvalue weighted by molar-refractivity contribution is 6.32. The molecule has 2 heterocycles. The quantitative estimate of drug-likeness (QED) is 0.273. The number of pyridine rings is 1. The molecule has 0 saturated carbocycles. The van der Waals surface area contributed by atoms with E-state index in [-0.39, 0.29) is 23.2 Å². The van der Waals surface area contributed by atoms with Gasteiger partial charge in [0, 0.05) is 30.1 Å². The Hall–Kier alpha value is -3.59. The molecule has 1 aromatic carbocycles. The predicted octanol–water partition coefficient (Wildman–Crippen LogP) is 3.45. The first-order chi connectivity index (χ1) is 13.0. The van der Waals surface area contributed by atoms with E-state index in [1.54, 1.807) is 24.5 Å². The smallest absolute Gasteiger partial charge is 0.331 e. The number of ether oxygens (including phenoxy) is 1. The van der Waals surface area contributed by atoms with Gasteiger partial charge in [0.05, 0.1) is 4.92 Å². The third-order valence-electron chi connectivity index (χ3n) is 3.30. The lowest BCUT2D eigenvalue weighted by Crippen LogP contribution is -2.01. The van der Waals surface area contributed by atoms with Crippen molar-refractivity contribution in [3.63, 3.8) is 0 Å². The Morgan fingerprint density at radius 3 is 2.96 bits per heavy atom. The van der Waals surface area contributed by atoms with Crippen molar-refractivity contribution in [3.8, 4) is 11.4 Å². The second-order valence-corrected chi connectivity index (χ2v) is 5.57. The first kappa shape index (κ1) is 18.2. The maximum absolute atomic E-state index is 11.8. The van der Waals surface area contributed by atoms with Gasteiger partial charge in [-0.15, -0.1) is 0 Å². The Balaban J connectivity index is 1.59. The lowest BCUT2D eigenvalue weighted by atomic mass is 10.2. The number of rotatable bonds is 6. The zero-order valence-electron chi connectivity index (χ0n) is 13.6. The van der Waals surface area contributed by atoms with Crippen molar-refractivity contribution < 1.29 is 19.0 Å². The topological polar surface area (TPSA) is 121 Å². The number of nitro groups is 1. The van der Waals surface area contributed by atoms with E-state index in [4.69, 9.17) is 20.9 Å². The van der Waals surface area contributed by atoms with Gasteiger partial charge in [0.2, 0.25) is 5.82 Å². The maximum atomic E-state index is 11.8. The molecule has 0 aliphatic heterocycles. The largest absolute Gasteiger partial charge is 0.452 e. The SMILES string of the molecule is O=C(/C=C/c1ccc(Cl)c([N+](=O)[O-])c1)OCc1nc(-c2cccnc2)no1. The number of carbonyl (C=O) groups excluding carboxylic acids is 1. The Labute approximate surface area is 157 Å². The van der Waals surface area contributed by atoms with Crippen LogP contribution in [0.3, 0.4) is 0 Å². The van der Waals surface area contributed by atoms with Crippen molar-refractivity contribution in [2.75, 3.05) is 0 Å². The molecule has 0 N–H and O–H groups in total. The summed E-state index contributed by atoms with van der Waals surface area (Å²) in [6.45, 7) is -0.211. The first-order valence-electron chi connectivity index (χ1n) is 7.54. The molecule has 27 heavy (non-hydrogen) atoms. The normalized spacial score (nSPS) is 10.9. The van der Waals surface area contributed by atoms with Crippen LogP contribution in [0.25, 0.3) is 17.5 Å². The zero-order chi connectivity index (χ0) is 19.2. The summed E-state index contributed by atoms with van der Waals surface area (Å²) in [5, 5.41) is 14.6. The zero-order valence-corrected chi connectivity index (χ0v) is 14.4. The molecule has 0 radical (unpaired) electrons. The van der Waals surface area contributed by atoms with E-state index in [0.717, 1.165) is 6.08 Å². The minimum absolute atomic E-state index is 0.0144. The van der Waals surface area contributed by atoms with E-state index in [1.165, 1.54) is 24.3 Å². The second kappa shape index (κ2) is 8.19. The molecule has 0 atom stereocenters. The Morgan fingerprint density at radius 1 is 1.37 bits per heavy atom. The molecule has 0 spiro atoms. The van der Waals surface area contributed by atoms with E-state index < -0.39 is 10.9 Å². The van der Waals surface area contributed by atoms with Gasteiger partial charge < -0.3 is 9.26 Å². The van der Waals surface area contributed by atoms with Gasteiger partial charge in [-0.3, -0.25) is 15.1 Å². The first-order valence-corrected chi connectivity index (χ1v) is 7.92. The maximum Gasteiger partial charge on any atom is 0.331 e. The summed E-state index contributed by atoms with van der Waals surface area (Å²) in [6.07, 6.45) is 5.70. The van der Waals surface area contributed by atoms with E-state index in [1.807, 2.05) is 0 Å². The summed E-state index contributed by atoms with van der Waals surface area (Å²) in [5.41, 5.74) is 0.851. The number of aromatic nitrogens is 3. The Bertz CT molecular complexity index is 1000. The predicted molar refractivity (Wildman–Crippen MR) is 94.5 cm³/mol. The molecule has 0 unspecified atom stereocenters. The molecular formula is C17H11ClN4O5. The third-order valence-corrected chi connectivity index (χ3v) is 3.62. The van der Waals surface area contributed by atoms with Crippen LogP contribution in [0.2, 0.25) is 5.02 Å². The number of esters is 1. The Kier molecular flexibility index (Phi) is 5.53. The van der Waals surface area contributed by atoms with Crippen LogP contribution in [0.15, 0.2) is 53.3 Å². The van der Waals surface area contributed by atoms with Crippen LogP contribution >= 0.6 is 11.6 Å². The van der Waals surface area contributed by atoms with E-state index in [9.17, 15) is 14.9 Å². The van der Waals surface area contributed by atoms with Crippen molar-refractivity contribution in [3.05, 3.63) is 75.4 Å². The molecule has 0 amide bonds. The molecule has 3 rings (SSSR count). The van der Waals surface area contributed by atoms with Gasteiger partial charge in [0.15, 0.2) is 6.61 Å². The van der Waals surface area contributed by atoms with E-state index in [0.29, 0.717) is 17.0 Å². The molecule has 0 aliphatic carbocycles. The van der Waals surface area contributed by atoms with Gasteiger partial charge in [-0.2, -0.15) is 4.98 Å². The van der Waals surface area contributed by atoms with Crippen molar-refractivity contribution in [2.45, 2.75) is 6.61 Å². The fraction of sp³-hybridized carbons (Fsp3) is 0.0588. The number of hydrogen-bond donors (Lipinski definition) is 0. The monoisotopic (exact) mass is 386 g/mol. The third kappa shape index (κ3) is 4.73. The highest BCUT2D eigenvalue weighted by Gasteiger charge is 2.12. The standard InChI is InChI=1S/C17H11ClN4O5/c18-13-5-3-11(8-14(13)22(24)25)4-6-16(23)26-10-15-20-17(21-27-15)12-2-1-7-19-9-12/h1-9H,10H2/b6-4+. The van der Waals surface area contributed by atoms with Crippen LogP contribution in [0, 0.1) is 10.1 Å². The average molecular weight is 387 g/mol. The van der Waals surface area contributed by atoms with Crippen LogP contribution in [0.1, 0.15) is 11.5 Å². The fourth-order valence-electron chi connectivity index (χ4n) is 2.04. The van der Waals surface area contributed by atoms with Crippen LogP contribution in [-0.2, 0) is 16.1 Å². The van der Waals surface area contributed by atoms with Crippen LogP contribution in [0.5, 0.6) is 0 Å². The summed E-state index contributed by atoms with van der Waals surface area (Å²) < 4.78 is 10.0. The number of nitrogens with zero attached hydrogens (tertiary/aromatic N) is 4. The minimum Gasteiger partial charge on any atom is -0.452 e. The van der Waals surface area contributed by atoms with Gasteiger partial charge in [0.1, 0.15) is 5.02 Å². The molecule has 136 valence electrons.